The lowest BCUT2D eigenvalue weighted by Crippen LogP contribution is -2.26. The van der Waals surface area contributed by atoms with Gasteiger partial charge in [0.05, 0.1) is 124 Å². The van der Waals surface area contributed by atoms with Crippen LogP contribution in [-0.2, 0) is 42.5 Å². The van der Waals surface area contributed by atoms with Gasteiger partial charge in [0.1, 0.15) is 19.9 Å². The van der Waals surface area contributed by atoms with Crippen LogP contribution in [0.3, 0.4) is 0 Å². The monoisotopic (exact) mass is 1490 g/mol. The molecule has 0 fully saturated rings. The average molecular weight is 1490 g/mol. The highest BCUT2D eigenvalue weighted by Gasteiger charge is 2.22. The number of aryl methyl sites for hydroxylation is 2. The van der Waals surface area contributed by atoms with E-state index in [1.165, 1.54) is 52.8 Å². The fraction of sp³-hybridized carbons (Fsp3) is 0.415. The Hall–Kier alpha value is -9.21. The lowest BCUT2D eigenvalue weighted by Gasteiger charge is -2.11. The molecule has 7 rings (SSSR count). The molecule has 3 aromatic heterocycles. The first-order chi connectivity index (χ1) is 51.2. The number of carbonyl (C=O) groups is 6. The molecule has 0 saturated heterocycles. The number of aliphatic hydroxyl groups excluding tert-OH is 8. The van der Waals surface area contributed by atoms with Crippen LogP contribution < -0.4 is 9.13 Å². The van der Waals surface area contributed by atoms with E-state index in [0.29, 0.717) is 109 Å². The Bertz CT molecular complexity index is 3510. The molecule has 572 valence electrons. The van der Waals surface area contributed by atoms with Crippen molar-refractivity contribution in [3.63, 3.8) is 0 Å². The number of thiophene rings is 1. The normalized spacial score (nSPS) is 12.0. The van der Waals surface area contributed by atoms with Crippen LogP contribution in [0.25, 0.3) is 43.1 Å². The van der Waals surface area contributed by atoms with Crippen molar-refractivity contribution in [1.29, 1.82) is 0 Å². The highest BCUT2D eigenvalue weighted by atomic mass is 32.1. The Morgan fingerprint density at radius 3 is 0.858 bits per heavy atom. The SMILES string of the molecule is C=CCCCCOC(=O)c1cc(C(=O)OCCCCC=C)cc(-c2ccc(F)cc2)c1.C[n+]1ccc(-c2cc[n+](C)cc2)cc1.O=C(OCCCCC(O)CO)c1cc(C(=O)OCCCCC(O)CO)cc(-c2ccc(-c3cc(C(=O)OCCCCC(O)CO)cc(C(=O)OCCCCC(O)CO)c3)s2)c1. The number of ether oxygens (including phenoxy) is 6. The van der Waals surface area contributed by atoms with Gasteiger partial charge in [0, 0.05) is 34.0 Å². The lowest BCUT2D eigenvalue weighted by atomic mass is 9.99. The van der Waals surface area contributed by atoms with E-state index in [4.69, 9.17) is 48.8 Å². The van der Waals surface area contributed by atoms with Gasteiger partial charge in [-0.3, -0.25) is 0 Å². The fourth-order valence-electron chi connectivity index (χ4n) is 10.3. The molecule has 0 radical (unpaired) electrons. The zero-order valence-corrected chi connectivity index (χ0v) is 61.4. The second-order valence-electron chi connectivity index (χ2n) is 25.3. The number of benzene rings is 4. The molecule has 24 heteroatoms. The molecule has 4 unspecified atom stereocenters. The van der Waals surface area contributed by atoms with Crippen LogP contribution in [0.15, 0.2) is 165 Å². The Balaban J connectivity index is 0.000000365. The maximum Gasteiger partial charge on any atom is 0.338 e. The maximum atomic E-state index is 13.3. The minimum absolute atomic E-state index is 0.0348. The predicted octanol–water partition coefficient (Wildman–Crippen LogP) is 11.3. The van der Waals surface area contributed by atoms with E-state index < -0.39 is 60.2 Å². The van der Waals surface area contributed by atoms with Crippen LogP contribution in [0.1, 0.15) is 178 Å². The van der Waals surface area contributed by atoms with Gasteiger partial charge >= 0.3 is 35.8 Å². The summed E-state index contributed by atoms with van der Waals surface area (Å²) in [5.41, 5.74) is 5.56. The second kappa shape index (κ2) is 49.6. The highest BCUT2D eigenvalue weighted by molar-refractivity contribution is 7.18. The maximum absolute atomic E-state index is 13.3. The van der Waals surface area contributed by atoms with Crippen LogP contribution in [-0.4, -0.2) is 167 Å². The van der Waals surface area contributed by atoms with E-state index in [2.05, 4.69) is 62.2 Å². The minimum atomic E-state index is -0.863. The Kier molecular flexibility index (Phi) is 40.9. The van der Waals surface area contributed by atoms with Crippen molar-refractivity contribution in [3.05, 3.63) is 205 Å². The molecular weight excluding hydrogens is 1380 g/mol. The lowest BCUT2D eigenvalue weighted by molar-refractivity contribution is -0.671. The summed E-state index contributed by atoms with van der Waals surface area (Å²) in [6, 6.07) is 31.6. The van der Waals surface area contributed by atoms with Crippen molar-refractivity contribution in [1.82, 2.24) is 0 Å². The summed E-state index contributed by atoms with van der Waals surface area (Å²) in [7, 11) is 4.05. The number of aliphatic hydroxyl groups is 8. The van der Waals surface area contributed by atoms with Gasteiger partial charge in [-0.15, -0.1) is 24.5 Å². The Morgan fingerprint density at radius 1 is 0.358 bits per heavy atom. The third kappa shape index (κ3) is 32.7. The molecule has 4 aromatic carbocycles. The summed E-state index contributed by atoms with van der Waals surface area (Å²) >= 11 is 1.25. The third-order valence-electron chi connectivity index (χ3n) is 16.4. The quantitative estimate of drug-likeness (QED) is 0.00578. The zero-order valence-electron chi connectivity index (χ0n) is 60.6. The molecule has 22 nitrogen and oxygen atoms in total. The molecule has 106 heavy (non-hydrogen) atoms. The number of hydrogen-bond donors (Lipinski definition) is 8. The van der Waals surface area contributed by atoms with Gasteiger partial charge in [0.15, 0.2) is 24.8 Å². The zero-order chi connectivity index (χ0) is 77.0. The molecule has 0 bridgehead atoms. The molecule has 4 atom stereocenters. The van der Waals surface area contributed by atoms with E-state index in [1.54, 1.807) is 60.7 Å². The number of esters is 6. The first-order valence-corrected chi connectivity index (χ1v) is 36.6. The molecule has 0 aliphatic rings. The standard InChI is InChI=1S/C44H60O16S.C26H29FO4.C12H14N2/c45-25-35(49)9-1-5-15-57-41(53)31-19-29(20-32(23-31)42(54)58-16-6-2-10-36(50)26-46)39-13-14-40(61-39)30-21-33(43(55)59-17-7-3-11-37(51)27-47)24-34(22-30)44(56)60-18-8-4-12-38(52)28-48;1-3-5-7-9-15-30-25(28)22-17-21(20-11-13-24(27)14-12-20)18-23(19-22)26(29)31-16-10-8-6-4-2;1-13-7-3-11(4-8-13)12-5-9-14(2)10-6-12/h13-14,19-24,35-38,45-52H,1-12,15-18,25-28H2;3-4,11-14,17-19H,1-2,5-10,15-16H2;3-10H,1-2H3/q;;+2. The largest absolute Gasteiger partial charge is 0.462 e. The summed E-state index contributed by atoms with van der Waals surface area (Å²) in [4.78, 5) is 79.4. The summed E-state index contributed by atoms with van der Waals surface area (Å²) in [6.45, 7) is 6.58. The average Bonchev–Trinajstić information content (AvgIpc) is 1.53. The molecule has 0 aliphatic carbocycles. The van der Waals surface area contributed by atoms with Gasteiger partial charge in [0.25, 0.3) is 0 Å². The van der Waals surface area contributed by atoms with Gasteiger partial charge in [-0.2, -0.15) is 0 Å². The second-order valence-corrected chi connectivity index (χ2v) is 26.4. The van der Waals surface area contributed by atoms with E-state index in [1.807, 2.05) is 35.4 Å². The smallest absolute Gasteiger partial charge is 0.338 e. The van der Waals surface area contributed by atoms with Gasteiger partial charge < -0.3 is 69.3 Å². The van der Waals surface area contributed by atoms with E-state index in [-0.39, 0.29) is 105 Å². The number of hydrogen-bond acceptors (Lipinski definition) is 21. The van der Waals surface area contributed by atoms with Crippen LogP contribution in [0.5, 0.6) is 0 Å². The van der Waals surface area contributed by atoms with Gasteiger partial charge in [-0.25, -0.2) is 42.3 Å². The summed E-state index contributed by atoms with van der Waals surface area (Å²) in [5.74, 6) is -4.18. The summed E-state index contributed by atoms with van der Waals surface area (Å²) < 4.78 is 50.0. The Labute approximate surface area is 623 Å². The number of allylic oxidation sites excluding steroid dienone is 2. The molecule has 8 N–H and O–H groups in total. The molecule has 0 saturated carbocycles. The van der Waals surface area contributed by atoms with Gasteiger partial charge in [0.2, 0.25) is 0 Å². The number of carbonyl (C=O) groups excluding carboxylic acids is 6. The van der Waals surface area contributed by atoms with E-state index in [0.717, 1.165) is 38.5 Å². The number of aromatic nitrogens is 2. The highest BCUT2D eigenvalue weighted by Crippen LogP contribution is 2.37. The third-order valence-corrected chi connectivity index (χ3v) is 17.6. The van der Waals surface area contributed by atoms with E-state index >= 15 is 0 Å². The van der Waals surface area contributed by atoms with Gasteiger partial charge in [-0.05, 0) is 228 Å². The first kappa shape index (κ1) is 87.4. The van der Waals surface area contributed by atoms with Crippen LogP contribution in [0.4, 0.5) is 4.39 Å². The fourth-order valence-corrected chi connectivity index (χ4v) is 11.3. The number of rotatable bonds is 44. The first-order valence-electron chi connectivity index (χ1n) is 35.8. The van der Waals surface area contributed by atoms with Crippen molar-refractivity contribution in [2.75, 3.05) is 66.1 Å². The van der Waals surface area contributed by atoms with Crippen LogP contribution in [0.2, 0.25) is 0 Å². The summed E-state index contributed by atoms with van der Waals surface area (Å²) in [5, 5.41) is 74.5. The van der Waals surface area contributed by atoms with Crippen molar-refractivity contribution in [3.8, 4) is 43.1 Å². The van der Waals surface area contributed by atoms with Crippen molar-refractivity contribution in [2.45, 2.75) is 140 Å². The van der Waals surface area contributed by atoms with Crippen molar-refractivity contribution in [2.24, 2.45) is 14.1 Å². The predicted molar refractivity (Wildman–Crippen MR) is 399 cm³/mol. The number of halogens is 1. The van der Waals surface area contributed by atoms with E-state index in [9.17, 15) is 53.6 Å². The summed E-state index contributed by atoms with van der Waals surface area (Å²) in [6.07, 6.45) is 18.5. The molecule has 0 aliphatic heterocycles. The molecule has 0 spiro atoms. The van der Waals surface area contributed by atoms with Gasteiger partial charge in [-0.1, -0.05) is 24.3 Å². The number of pyridine rings is 2. The van der Waals surface area contributed by atoms with Crippen molar-refractivity contribution >= 4 is 47.2 Å². The molecular formula is C82H103FN2O20S+2. The van der Waals surface area contributed by atoms with Crippen LogP contribution in [0, 0.1) is 5.82 Å². The Morgan fingerprint density at radius 2 is 0.604 bits per heavy atom. The molecule has 7 aromatic rings. The molecule has 3 heterocycles. The topological polar surface area (TPSA) is 327 Å². The minimum Gasteiger partial charge on any atom is -0.462 e. The number of unbranched alkanes of at least 4 members (excludes halogenated alkanes) is 8. The van der Waals surface area contributed by atoms with Crippen LogP contribution >= 0.6 is 11.3 Å². The molecule has 0 amide bonds. The number of nitrogens with zero attached hydrogens (tertiary/aromatic N) is 2. The van der Waals surface area contributed by atoms with Crippen molar-refractivity contribution < 1.29 is 112 Å².